The number of pyridine rings is 1. The molecule has 0 saturated carbocycles. The average Bonchev–Trinajstić information content (AvgIpc) is 2.99. The summed E-state index contributed by atoms with van der Waals surface area (Å²) in [6.07, 6.45) is -0.681. The maximum Gasteiger partial charge on any atom is 0.407 e. The highest BCUT2D eigenvalue weighted by molar-refractivity contribution is 5.99. The number of carbonyl (C=O) groups is 3. The predicted molar refractivity (Wildman–Crippen MR) is 179 cm³/mol. The van der Waals surface area contributed by atoms with Crippen molar-refractivity contribution in [3.63, 3.8) is 0 Å². The van der Waals surface area contributed by atoms with Crippen LogP contribution in [0.1, 0.15) is 70.1 Å². The van der Waals surface area contributed by atoms with Gasteiger partial charge in [0.15, 0.2) is 0 Å². The molecule has 13 heteroatoms. The van der Waals surface area contributed by atoms with Crippen molar-refractivity contribution in [2.45, 2.75) is 90.6 Å². The highest BCUT2D eigenvalue weighted by Crippen LogP contribution is 2.36. The topological polar surface area (TPSA) is 128 Å². The van der Waals surface area contributed by atoms with E-state index in [0.717, 1.165) is 5.56 Å². The molecule has 2 fully saturated rings. The molecule has 4 heterocycles. The van der Waals surface area contributed by atoms with Gasteiger partial charge in [-0.25, -0.2) is 14.2 Å². The van der Waals surface area contributed by atoms with Crippen LogP contribution < -0.4 is 15.0 Å². The zero-order chi connectivity index (χ0) is 34.9. The molecule has 0 unspecified atom stereocenters. The molecule has 2 N–H and O–H groups in total. The van der Waals surface area contributed by atoms with Crippen LogP contribution in [0, 0.1) is 5.82 Å². The molecule has 5 atom stereocenters. The first-order chi connectivity index (χ1) is 22.6. The summed E-state index contributed by atoms with van der Waals surface area (Å²) >= 11 is 0. The molecule has 3 aliphatic rings. The van der Waals surface area contributed by atoms with Crippen molar-refractivity contribution in [1.82, 2.24) is 25.0 Å². The Bertz CT molecular complexity index is 1490. The first kappa shape index (κ1) is 35.5. The second kappa shape index (κ2) is 14.4. The summed E-state index contributed by atoms with van der Waals surface area (Å²) in [5.41, 5.74) is 1.49. The van der Waals surface area contributed by atoms with E-state index in [2.05, 4.69) is 33.9 Å². The van der Waals surface area contributed by atoms with Crippen molar-refractivity contribution < 1.29 is 33.4 Å². The number of morpholine rings is 1. The molecular formula is C35H49FN6O6. The Morgan fingerprint density at radius 2 is 1.65 bits per heavy atom. The minimum Gasteiger partial charge on any atom is -0.474 e. The van der Waals surface area contributed by atoms with Crippen molar-refractivity contribution >= 4 is 23.6 Å². The molecule has 5 rings (SSSR count). The minimum atomic E-state index is -0.969. The number of anilines is 1. The van der Waals surface area contributed by atoms with Gasteiger partial charge in [0, 0.05) is 49.3 Å². The van der Waals surface area contributed by atoms with Crippen molar-refractivity contribution in [2.75, 3.05) is 50.9 Å². The highest BCUT2D eigenvalue weighted by atomic mass is 19.1. The summed E-state index contributed by atoms with van der Waals surface area (Å²) in [6, 6.07) is 7.34. The molecule has 12 nitrogen and oxygen atoms in total. The van der Waals surface area contributed by atoms with Gasteiger partial charge in [-0.2, -0.15) is 0 Å². The summed E-state index contributed by atoms with van der Waals surface area (Å²) in [6.45, 7) is 16.4. The van der Waals surface area contributed by atoms with Crippen LogP contribution in [0.3, 0.4) is 0 Å². The number of fused-ring (bicyclic) bond motifs is 1. The standard InChI is InChI=1S/C35H49FN6O6/c1-21-14-39(28(16-41(21)34(45)46)15-40-22(2)18-47-19-23(40)3)17-30(43)42-24(4)20-48-33-29(42)13-26(12-25-8-10-27(36)11-9-25)31(37-33)32(44)38-35(5,6)7/h8-11,13,21-24,28H,12,14-20H2,1-7H3,(H,38,44)(H,45,46)/t21-,22-,23-,24+,28+/m1/s1. The van der Waals surface area contributed by atoms with Gasteiger partial charge in [-0.1, -0.05) is 12.1 Å². The Morgan fingerprint density at radius 1 is 0.979 bits per heavy atom. The maximum absolute atomic E-state index is 14.4. The van der Waals surface area contributed by atoms with E-state index >= 15 is 0 Å². The molecule has 262 valence electrons. The fourth-order valence-electron chi connectivity index (χ4n) is 6.88. The summed E-state index contributed by atoms with van der Waals surface area (Å²) in [5.74, 6) is -0.707. The summed E-state index contributed by atoms with van der Waals surface area (Å²) < 4.78 is 25.5. The molecule has 0 radical (unpaired) electrons. The summed E-state index contributed by atoms with van der Waals surface area (Å²) in [7, 11) is 0. The summed E-state index contributed by atoms with van der Waals surface area (Å²) in [4.78, 5) is 52.2. The van der Waals surface area contributed by atoms with E-state index in [1.165, 1.54) is 17.0 Å². The van der Waals surface area contributed by atoms with Crippen LogP contribution >= 0.6 is 0 Å². The predicted octanol–water partition coefficient (Wildman–Crippen LogP) is 3.62. The number of aromatic nitrogens is 1. The quantitative estimate of drug-likeness (QED) is 0.455. The van der Waals surface area contributed by atoms with Gasteiger partial charge in [0.1, 0.15) is 23.8 Å². The van der Waals surface area contributed by atoms with Crippen LogP contribution in [0.5, 0.6) is 5.88 Å². The monoisotopic (exact) mass is 668 g/mol. The Balaban J connectivity index is 1.46. The van der Waals surface area contributed by atoms with E-state index < -0.39 is 11.6 Å². The largest absolute Gasteiger partial charge is 0.474 e. The van der Waals surface area contributed by atoms with Crippen LogP contribution in [0.4, 0.5) is 14.9 Å². The van der Waals surface area contributed by atoms with Gasteiger partial charge in [-0.3, -0.25) is 19.4 Å². The van der Waals surface area contributed by atoms with E-state index in [9.17, 15) is 23.9 Å². The van der Waals surface area contributed by atoms with Gasteiger partial charge in [-0.15, -0.1) is 0 Å². The number of carboxylic acid groups (broad SMARTS) is 1. The third-order valence-electron chi connectivity index (χ3n) is 9.30. The number of piperazine rings is 1. The Hall–Kier alpha value is -3.81. The molecule has 3 amide bonds. The van der Waals surface area contributed by atoms with Gasteiger partial charge < -0.3 is 29.7 Å². The lowest BCUT2D eigenvalue weighted by Gasteiger charge is -2.48. The van der Waals surface area contributed by atoms with E-state index in [-0.39, 0.29) is 85.5 Å². The van der Waals surface area contributed by atoms with Crippen LogP contribution in [-0.4, -0.2) is 124 Å². The first-order valence-electron chi connectivity index (χ1n) is 16.7. The molecular weight excluding hydrogens is 619 g/mol. The van der Waals surface area contributed by atoms with Gasteiger partial charge in [0.05, 0.1) is 25.8 Å². The molecule has 2 aromatic rings. The smallest absolute Gasteiger partial charge is 0.407 e. The number of halogens is 1. The molecule has 48 heavy (non-hydrogen) atoms. The number of ether oxygens (including phenoxy) is 2. The van der Waals surface area contributed by atoms with E-state index in [4.69, 9.17) is 9.47 Å². The lowest BCUT2D eigenvalue weighted by atomic mass is 10.0. The third kappa shape index (κ3) is 8.07. The maximum atomic E-state index is 14.4. The molecule has 1 aromatic heterocycles. The molecule has 0 bridgehead atoms. The van der Waals surface area contributed by atoms with Crippen LogP contribution in [0.25, 0.3) is 0 Å². The van der Waals surface area contributed by atoms with Crippen molar-refractivity contribution in [3.8, 4) is 5.88 Å². The Labute approximate surface area is 282 Å². The average molecular weight is 669 g/mol. The van der Waals surface area contributed by atoms with Crippen molar-refractivity contribution in [3.05, 3.63) is 53.0 Å². The van der Waals surface area contributed by atoms with Crippen LogP contribution in [-0.2, 0) is 16.0 Å². The number of nitrogens with one attached hydrogen (secondary N) is 1. The number of benzene rings is 1. The first-order valence-corrected chi connectivity index (χ1v) is 16.7. The van der Waals surface area contributed by atoms with Gasteiger partial charge in [0.2, 0.25) is 11.8 Å². The molecule has 0 aliphatic carbocycles. The van der Waals surface area contributed by atoms with Crippen LogP contribution in [0.2, 0.25) is 0 Å². The summed E-state index contributed by atoms with van der Waals surface area (Å²) in [5, 5.41) is 12.9. The van der Waals surface area contributed by atoms with Gasteiger partial charge >= 0.3 is 6.09 Å². The normalized spacial score (nSPS) is 25.3. The number of rotatable bonds is 7. The number of hydrogen-bond donors (Lipinski definition) is 2. The number of nitrogens with zero attached hydrogens (tertiary/aromatic N) is 5. The third-order valence-corrected chi connectivity index (χ3v) is 9.30. The molecule has 3 aliphatic heterocycles. The minimum absolute atomic E-state index is 0.0684. The Kier molecular flexibility index (Phi) is 10.6. The van der Waals surface area contributed by atoms with E-state index in [0.29, 0.717) is 37.6 Å². The zero-order valence-corrected chi connectivity index (χ0v) is 29.0. The van der Waals surface area contributed by atoms with E-state index in [1.54, 1.807) is 23.1 Å². The van der Waals surface area contributed by atoms with E-state index in [1.807, 2.05) is 34.6 Å². The number of carbonyl (C=O) groups excluding carboxylic acids is 2. The SMILES string of the molecule is C[C@@H]1CN(CC(=O)N2c3cc(Cc4ccc(F)cc4)c(C(=O)NC(C)(C)C)nc3OC[C@@H]2C)[C@@H](CN2[C@H](C)COC[C@H]2C)CN1C(=O)O. The molecule has 0 spiro atoms. The van der Waals surface area contributed by atoms with Crippen molar-refractivity contribution in [2.24, 2.45) is 0 Å². The van der Waals surface area contributed by atoms with Crippen LogP contribution in [0.15, 0.2) is 30.3 Å². The second-order valence-electron chi connectivity index (χ2n) is 14.6. The fraction of sp³-hybridized carbons (Fsp3) is 0.600. The van der Waals surface area contributed by atoms with Crippen molar-refractivity contribution in [1.29, 1.82) is 0 Å². The molecule has 2 saturated heterocycles. The highest BCUT2D eigenvalue weighted by Gasteiger charge is 2.40. The van der Waals surface area contributed by atoms with Gasteiger partial charge in [-0.05, 0) is 84.2 Å². The lowest BCUT2D eigenvalue weighted by Crippen LogP contribution is -2.65. The van der Waals surface area contributed by atoms with Gasteiger partial charge in [0.25, 0.3) is 5.91 Å². The fourth-order valence-corrected chi connectivity index (χ4v) is 6.88. The Morgan fingerprint density at radius 3 is 2.27 bits per heavy atom. The lowest BCUT2D eigenvalue weighted by molar-refractivity contribution is -0.122. The zero-order valence-electron chi connectivity index (χ0n) is 29.0. The number of hydrogen-bond acceptors (Lipinski definition) is 8. The molecule has 1 aromatic carbocycles. The second-order valence-corrected chi connectivity index (χ2v) is 14.6. The number of amides is 3.